The molecule has 0 fully saturated rings. The number of ether oxygens (including phenoxy) is 1. The van der Waals surface area contributed by atoms with E-state index in [-0.39, 0.29) is 17.3 Å². The Morgan fingerprint density at radius 2 is 1.75 bits per heavy atom. The van der Waals surface area contributed by atoms with Crippen LogP contribution in [0.25, 0.3) is 6.08 Å². The van der Waals surface area contributed by atoms with Gasteiger partial charge in [-0.3, -0.25) is 14.2 Å². The minimum atomic E-state index is -0.689. The third-order valence-electron chi connectivity index (χ3n) is 5.90. The van der Waals surface area contributed by atoms with Crippen LogP contribution in [0.1, 0.15) is 24.1 Å². The van der Waals surface area contributed by atoms with Crippen LogP contribution in [0.5, 0.6) is 5.75 Å². The highest BCUT2D eigenvalue weighted by Crippen LogP contribution is 2.31. The number of anilines is 1. The van der Waals surface area contributed by atoms with Gasteiger partial charge in [-0.05, 0) is 60.5 Å². The van der Waals surface area contributed by atoms with Crippen LogP contribution in [-0.4, -0.2) is 17.6 Å². The van der Waals surface area contributed by atoms with Gasteiger partial charge in [0.25, 0.3) is 11.5 Å². The molecule has 8 heteroatoms. The number of nitrogens with zero attached hydrogens (tertiary/aromatic N) is 2. The molecule has 1 unspecified atom stereocenters. The molecule has 0 radical (unpaired) electrons. The SMILES string of the molecule is COc1ccc(C2C(C(=O)Nc3ccccc3)=C(C)N=c3sc(=Cc4ccc(F)cc4)c(=O)n32)cc1. The Hall–Kier alpha value is -4.30. The van der Waals surface area contributed by atoms with Gasteiger partial charge in [0.05, 0.1) is 29.0 Å². The van der Waals surface area contributed by atoms with Crippen LogP contribution in [0.15, 0.2) is 99.9 Å². The van der Waals surface area contributed by atoms with Crippen LogP contribution >= 0.6 is 11.3 Å². The number of fused-ring (bicyclic) bond motifs is 1. The molecule has 1 aliphatic heterocycles. The summed E-state index contributed by atoms with van der Waals surface area (Å²) in [5.74, 6) is -0.0210. The minimum absolute atomic E-state index is 0.276. The number of methoxy groups -OCH3 is 1. The van der Waals surface area contributed by atoms with Gasteiger partial charge in [-0.15, -0.1) is 0 Å². The zero-order valence-electron chi connectivity index (χ0n) is 19.6. The Bertz CT molecular complexity index is 1640. The van der Waals surface area contributed by atoms with E-state index in [4.69, 9.17) is 4.74 Å². The standard InChI is InChI=1S/C28H22FN3O3S/c1-17-24(26(33)31-21-6-4-3-5-7-21)25(19-10-14-22(35-2)15-11-19)32-27(34)23(36-28(32)30-17)16-18-8-12-20(29)13-9-18/h3-16,25H,1-2H3,(H,31,33). The first-order chi connectivity index (χ1) is 17.4. The van der Waals surface area contributed by atoms with Crippen molar-refractivity contribution in [2.45, 2.75) is 13.0 Å². The van der Waals surface area contributed by atoms with Crippen molar-refractivity contribution in [2.75, 3.05) is 12.4 Å². The van der Waals surface area contributed by atoms with Crippen molar-refractivity contribution in [3.05, 3.63) is 127 Å². The zero-order valence-corrected chi connectivity index (χ0v) is 20.4. The fourth-order valence-electron chi connectivity index (χ4n) is 4.14. The number of rotatable bonds is 5. The van der Waals surface area contributed by atoms with Crippen molar-refractivity contribution in [2.24, 2.45) is 4.99 Å². The van der Waals surface area contributed by atoms with E-state index in [1.807, 2.05) is 30.3 Å². The Balaban J connectivity index is 1.67. The molecule has 6 nitrogen and oxygen atoms in total. The minimum Gasteiger partial charge on any atom is -0.497 e. The first kappa shape index (κ1) is 23.4. The van der Waals surface area contributed by atoms with Crippen molar-refractivity contribution in [1.82, 2.24) is 4.57 Å². The number of halogens is 1. The average Bonchev–Trinajstić information content (AvgIpc) is 3.19. The van der Waals surface area contributed by atoms with Gasteiger partial charge in [-0.2, -0.15) is 0 Å². The van der Waals surface area contributed by atoms with E-state index in [0.29, 0.717) is 37.6 Å². The number of allylic oxidation sites excluding steroid dienone is 1. The number of carbonyl (C=O) groups excluding carboxylic acids is 1. The van der Waals surface area contributed by atoms with E-state index < -0.39 is 6.04 Å². The summed E-state index contributed by atoms with van der Waals surface area (Å²) in [5.41, 5.74) is 2.72. The molecule has 1 atom stereocenters. The second-order valence-electron chi connectivity index (χ2n) is 8.23. The predicted octanol–water partition coefficient (Wildman–Crippen LogP) is 4.02. The molecule has 0 spiro atoms. The van der Waals surface area contributed by atoms with Gasteiger partial charge in [0.15, 0.2) is 4.80 Å². The molecule has 1 aromatic heterocycles. The molecule has 5 rings (SSSR count). The fraction of sp³-hybridized carbons (Fsp3) is 0.107. The third kappa shape index (κ3) is 4.50. The molecular formula is C28H22FN3O3S. The Morgan fingerprint density at radius 1 is 1.06 bits per heavy atom. The zero-order chi connectivity index (χ0) is 25.2. The van der Waals surface area contributed by atoms with Gasteiger partial charge in [0.2, 0.25) is 0 Å². The molecular weight excluding hydrogens is 477 g/mol. The van der Waals surface area contributed by atoms with Crippen LogP contribution in [0.2, 0.25) is 0 Å². The van der Waals surface area contributed by atoms with Gasteiger partial charge in [-0.1, -0.05) is 53.8 Å². The topological polar surface area (TPSA) is 72.7 Å². The maximum absolute atomic E-state index is 13.7. The number of nitrogens with one attached hydrogen (secondary N) is 1. The second-order valence-corrected chi connectivity index (χ2v) is 9.24. The molecule has 180 valence electrons. The van der Waals surface area contributed by atoms with Gasteiger partial charge in [0, 0.05) is 5.69 Å². The normalized spacial score (nSPS) is 15.3. The lowest BCUT2D eigenvalue weighted by atomic mass is 9.95. The molecule has 2 heterocycles. The van der Waals surface area contributed by atoms with E-state index in [2.05, 4.69) is 10.3 Å². The maximum Gasteiger partial charge on any atom is 0.271 e. The predicted molar refractivity (Wildman–Crippen MR) is 138 cm³/mol. The summed E-state index contributed by atoms with van der Waals surface area (Å²) in [6.45, 7) is 1.77. The first-order valence-corrected chi connectivity index (χ1v) is 12.0. The van der Waals surface area contributed by atoms with Crippen LogP contribution in [-0.2, 0) is 4.79 Å². The monoisotopic (exact) mass is 499 g/mol. The van der Waals surface area contributed by atoms with E-state index in [9.17, 15) is 14.0 Å². The summed E-state index contributed by atoms with van der Waals surface area (Å²) in [7, 11) is 1.58. The molecule has 1 N–H and O–H groups in total. The summed E-state index contributed by atoms with van der Waals surface area (Å²) >= 11 is 1.23. The summed E-state index contributed by atoms with van der Waals surface area (Å²) in [4.78, 5) is 32.3. The first-order valence-electron chi connectivity index (χ1n) is 11.2. The van der Waals surface area contributed by atoms with Gasteiger partial charge < -0.3 is 10.1 Å². The van der Waals surface area contributed by atoms with Gasteiger partial charge >= 0.3 is 0 Å². The summed E-state index contributed by atoms with van der Waals surface area (Å²) < 4.78 is 20.6. The van der Waals surface area contributed by atoms with Crippen molar-refractivity contribution in [1.29, 1.82) is 0 Å². The Morgan fingerprint density at radius 3 is 2.42 bits per heavy atom. The number of aromatic nitrogens is 1. The van der Waals surface area contributed by atoms with E-state index in [0.717, 1.165) is 5.56 Å². The van der Waals surface area contributed by atoms with Gasteiger partial charge in [-0.25, -0.2) is 9.38 Å². The average molecular weight is 500 g/mol. The number of hydrogen-bond donors (Lipinski definition) is 1. The van der Waals surface area contributed by atoms with E-state index in [1.165, 1.54) is 23.5 Å². The van der Waals surface area contributed by atoms with Gasteiger partial charge in [0.1, 0.15) is 11.6 Å². The highest BCUT2D eigenvalue weighted by Gasteiger charge is 2.32. The lowest BCUT2D eigenvalue weighted by Gasteiger charge is -2.25. The summed E-state index contributed by atoms with van der Waals surface area (Å²) in [5, 5.41) is 2.93. The van der Waals surface area contributed by atoms with Crippen molar-refractivity contribution in [3.63, 3.8) is 0 Å². The van der Waals surface area contributed by atoms with Crippen LogP contribution in [0, 0.1) is 5.82 Å². The Kier molecular flexibility index (Phi) is 6.35. The molecule has 1 amide bonds. The highest BCUT2D eigenvalue weighted by atomic mass is 32.1. The fourth-order valence-corrected chi connectivity index (χ4v) is 5.19. The third-order valence-corrected chi connectivity index (χ3v) is 6.88. The number of benzene rings is 3. The quantitative estimate of drug-likeness (QED) is 0.451. The molecule has 4 aromatic rings. The number of thiazole rings is 1. The molecule has 3 aromatic carbocycles. The largest absolute Gasteiger partial charge is 0.497 e. The number of para-hydroxylation sites is 1. The molecule has 36 heavy (non-hydrogen) atoms. The number of carbonyl (C=O) groups is 1. The summed E-state index contributed by atoms with van der Waals surface area (Å²) in [6, 6.07) is 21.6. The molecule has 0 aliphatic carbocycles. The van der Waals surface area contributed by atoms with E-state index >= 15 is 0 Å². The summed E-state index contributed by atoms with van der Waals surface area (Å²) in [6.07, 6.45) is 1.71. The van der Waals surface area contributed by atoms with Crippen LogP contribution < -0.4 is 24.9 Å². The van der Waals surface area contributed by atoms with Crippen molar-refractivity contribution < 1.29 is 13.9 Å². The maximum atomic E-state index is 13.7. The molecule has 1 aliphatic rings. The molecule has 0 bridgehead atoms. The second kappa shape index (κ2) is 9.75. The number of amides is 1. The smallest absolute Gasteiger partial charge is 0.271 e. The van der Waals surface area contributed by atoms with E-state index in [1.54, 1.807) is 61.1 Å². The van der Waals surface area contributed by atoms with Crippen LogP contribution in [0.4, 0.5) is 10.1 Å². The lowest BCUT2D eigenvalue weighted by Crippen LogP contribution is -2.40. The van der Waals surface area contributed by atoms with Crippen molar-refractivity contribution in [3.8, 4) is 5.75 Å². The molecule has 0 saturated heterocycles. The van der Waals surface area contributed by atoms with Crippen LogP contribution in [0.3, 0.4) is 0 Å². The highest BCUT2D eigenvalue weighted by molar-refractivity contribution is 7.07. The Labute approximate surface area is 210 Å². The lowest BCUT2D eigenvalue weighted by molar-refractivity contribution is -0.113. The number of hydrogen-bond acceptors (Lipinski definition) is 5. The van der Waals surface area contributed by atoms with Crippen molar-refractivity contribution >= 4 is 29.0 Å². The molecule has 0 saturated carbocycles.